The van der Waals surface area contributed by atoms with Gasteiger partial charge in [-0.15, -0.1) is 0 Å². The molecule has 3 aromatic rings. The average Bonchev–Trinajstić information content (AvgIpc) is 2.84. The third-order valence-electron chi connectivity index (χ3n) is 3.28. The first-order valence-electron chi connectivity index (χ1n) is 6.34. The van der Waals surface area contributed by atoms with Crippen LogP contribution >= 0.6 is 0 Å². The fourth-order valence-corrected chi connectivity index (χ4v) is 2.16. The number of halogens is 2. The summed E-state index contributed by atoms with van der Waals surface area (Å²) in [4.78, 5) is 0. The second kappa shape index (κ2) is 5.01. The quantitative estimate of drug-likeness (QED) is 0.769. The van der Waals surface area contributed by atoms with E-state index < -0.39 is 5.82 Å². The van der Waals surface area contributed by atoms with Gasteiger partial charge in [0.1, 0.15) is 17.3 Å². The summed E-state index contributed by atoms with van der Waals surface area (Å²) in [6.45, 7) is 1.67. The Bertz CT molecular complexity index is 812. The Kier molecular flexibility index (Phi) is 3.17. The van der Waals surface area contributed by atoms with E-state index in [2.05, 4.69) is 5.16 Å². The third-order valence-corrected chi connectivity index (χ3v) is 3.28. The van der Waals surface area contributed by atoms with Gasteiger partial charge in [0.05, 0.1) is 5.56 Å². The molecule has 1 heterocycles. The van der Waals surface area contributed by atoms with Crippen LogP contribution in [0.25, 0.3) is 22.4 Å². The highest BCUT2D eigenvalue weighted by atomic mass is 19.1. The molecule has 0 spiro atoms. The first kappa shape index (κ1) is 13.3. The van der Waals surface area contributed by atoms with E-state index in [1.165, 1.54) is 18.2 Å². The van der Waals surface area contributed by atoms with Crippen molar-refractivity contribution in [3.05, 3.63) is 59.7 Å². The van der Waals surface area contributed by atoms with E-state index in [4.69, 9.17) is 10.3 Å². The van der Waals surface area contributed by atoms with Gasteiger partial charge in [0.25, 0.3) is 0 Å². The second-order valence-electron chi connectivity index (χ2n) is 4.74. The Morgan fingerprint density at radius 3 is 2.57 bits per heavy atom. The molecule has 0 bridgehead atoms. The van der Waals surface area contributed by atoms with E-state index in [1.807, 2.05) is 0 Å². The number of nitrogen functional groups attached to an aromatic ring is 1. The van der Waals surface area contributed by atoms with Crippen LogP contribution in [0.2, 0.25) is 0 Å². The number of aryl methyl sites for hydroxylation is 1. The van der Waals surface area contributed by atoms with Crippen molar-refractivity contribution in [3.8, 4) is 22.4 Å². The zero-order valence-electron chi connectivity index (χ0n) is 11.2. The molecule has 0 unspecified atom stereocenters. The molecule has 2 N–H and O–H groups in total. The zero-order chi connectivity index (χ0) is 15.0. The van der Waals surface area contributed by atoms with Crippen molar-refractivity contribution >= 4 is 5.88 Å². The summed E-state index contributed by atoms with van der Waals surface area (Å²) in [5, 5.41) is 3.87. The molecule has 0 saturated heterocycles. The second-order valence-corrected chi connectivity index (χ2v) is 4.74. The summed E-state index contributed by atoms with van der Waals surface area (Å²) in [6, 6.07) is 10.6. The van der Waals surface area contributed by atoms with Crippen LogP contribution in [0.1, 0.15) is 5.56 Å². The van der Waals surface area contributed by atoms with Crippen LogP contribution in [0, 0.1) is 18.6 Å². The van der Waals surface area contributed by atoms with Crippen LogP contribution in [0.3, 0.4) is 0 Å². The number of benzene rings is 2. The molecule has 0 aliphatic carbocycles. The van der Waals surface area contributed by atoms with Crippen molar-refractivity contribution in [3.63, 3.8) is 0 Å². The molecule has 1 aromatic heterocycles. The Hall–Kier alpha value is -2.69. The molecule has 0 fully saturated rings. The molecule has 2 aromatic carbocycles. The van der Waals surface area contributed by atoms with Gasteiger partial charge in [-0.1, -0.05) is 29.4 Å². The van der Waals surface area contributed by atoms with Gasteiger partial charge in [-0.05, 0) is 36.2 Å². The Labute approximate surface area is 120 Å². The fraction of sp³-hybridized carbons (Fsp3) is 0.0625. The molecule has 5 heteroatoms. The van der Waals surface area contributed by atoms with Crippen LogP contribution in [-0.4, -0.2) is 5.16 Å². The molecule has 21 heavy (non-hydrogen) atoms. The topological polar surface area (TPSA) is 52.0 Å². The van der Waals surface area contributed by atoms with Gasteiger partial charge in [0.2, 0.25) is 5.88 Å². The van der Waals surface area contributed by atoms with Gasteiger partial charge in [0, 0.05) is 5.56 Å². The minimum absolute atomic E-state index is 0.0663. The van der Waals surface area contributed by atoms with Gasteiger partial charge >= 0.3 is 0 Å². The van der Waals surface area contributed by atoms with Gasteiger partial charge in [0.15, 0.2) is 0 Å². The molecule has 0 amide bonds. The Morgan fingerprint density at radius 1 is 1.05 bits per heavy atom. The number of nitrogens with zero attached hydrogens (tertiary/aromatic N) is 1. The standard InChI is InChI=1S/C16H12F2N2O/c1-9-5-6-11(8-13(9)18)15-14(16(19)21-20-15)10-3-2-4-12(17)7-10/h2-8H,19H2,1H3. The molecular formula is C16H12F2N2O. The lowest BCUT2D eigenvalue weighted by Crippen LogP contribution is -1.90. The maximum Gasteiger partial charge on any atom is 0.230 e. The van der Waals surface area contributed by atoms with Gasteiger partial charge in [-0.25, -0.2) is 8.78 Å². The van der Waals surface area contributed by atoms with Crippen molar-refractivity contribution in [1.29, 1.82) is 0 Å². The molecule has 106 valence electrons. The fourth-order valence-electron chi connectivity index (χ4n) is 2.16. The summed E-state index contributed by atoms with van der Waals surface area (Å²) in [7, 11) is 0. The minimum Gasteiger partial charge on any atom is -0.367 e. The lowest BCUT2D eigenvalue weighted by Gasteiger charge is -2.04. The molecular weight excluding hydrogens is 274 g/mol. The van der Waals surface area contributed by atoms with E-state index in [9.17, 15) is 8.78 Å². The minimum atomic E-state index is -0.394. The smallest absolute Gasteiger partial charge is 0.230 e. The molecule has 3 nitrogen and oxygen atoms in total. The molecule has 3 rings (SSSR count). The van der Waals surface area contributed by atoms with Crippen LogP contribution in [0.5, 0.6) is 0 Å². The highest BCUT2D eigenvalue weighted by Crippen LogP contribution is 2.36. The van der Waals surface area contributed by atoms with Gasteiger partial charge in [-0.3, -0.25) is 0 Å². The van der Waals surface area contributed by atoms with Crippen LogP contribution < -0.4 is 5.73 Å². The predicted molar refractivity (Wildman–Crippen MR) is 76.4 cm³/mol. The van der Waals surface area contributed by atoms with E-state index in [0.29, 0.717) is 27.9 Å². The monoisotopic (exact) mass is 286 g/mol. The van der Waals surface area contributed by atoms with Crippen LogP contribution in [0.15, 0.2) is 47.0 Å². The number of hydrogen-bond donors (Lipinski definition) is 1. The zero-order valence-corrected chi connectivity index (χ0v) is 11.2. The maximum absolute atomic E-state index is 13.7. The number of aromatic nitrogens is 1. The van der Waals surface area contributed by atoms with E-state index >= 15 is 0 Å². The van der Waals surface area contributed by atoms with Crippen LogP contribution in [-0.2, 0) is 0 Å². The normalized spacial score (nSPS) is 10.8. The molecule has 0 aliphatic rings. The number of rotatable bonds is 2. The first-order chi connectivity index (χ1) is 10.1. The summed E-state index contributed by atoms with van der Waals surface area (Å²) < 4.78 is 32.1. The van der Waals surface area contributed by atoms with Crippen LogP contribution in [0.4, 0.5) is 14.7 Å². The van der Waals surface area contributed by atoms with E-state index in [-0.39, 0.29) is 11.7 Å². The lowest BCUT2D eigenvalue weighted by molar-refractivity contribution is 0.439. The number of hydrogen-bond acceptors (Lipinski definition) is 3. The predicted octanol–water partition coefficient (Wildman–Crippen LogP) is 4.18. The van der Waals surface area contributed by atoms with Crippen molar-refractivity contribution in [2.45, 2.75) is 6.92 Å². The summed E-state index contributed by atoms with van der Waals surface area (Å²) in [6.07, 6.45) is 0. The van der Waals surface area contributed by atoms with Gasteiger partial charge < -0.3 is 10.3 Å². The third kappa shape index (κ3) is 2.38. The highest BCUT2D eigenvalue weighted by Gasteiger charge is 2.18. The SMILES string of the molecule is Cc1ccc(-c2noc(N)c2-c2cccc(F)c2)cc1F. The molecule has 0 radical (unpaired) electrons. The largest absolute Gasteiger partial charge is 0.367 e. The van der Waals surface area contributed by atoms with Crippen molar-refractivity contribution in [2.24, 2.45) is 0 Å². The first-order valence-corrected chi connectivity index (χ1v) is 6.34. The summed E-state index contributed by atoms with van der Waals surface area (Å²) >= 11 is 0. The summed E-state index contributed by atoms with van der Waals surface area (Å²) in [5.41, 5.74) is 8.21. The lowest BCUT2D eigenvalue weighted by atomic mass is 10.00. The number of nitrogens with two attached hydrogens (primary N) is 1. The maximum atomic E-state index is 13.7. The van der Waals surface area contributed by atoms with Gasteiger partial charge in [-0.2, -0.15) is 0 Å². The number of anilines is 1. The van der Waals surface area contributed by atoms with E-state index in [1.54, 1.807) is 31.2 Å². The van der Waals surface area contributed by atoms with Crippen molar-refractivity contribution in [2.75, 3.05) is 5.73 Å². The Balaban J connectivity index is 2.19. The van der Waals surface area contributed by atoms with Crippen molar-refractivity contribution < 1.29 is 13.3 Å². The molecule has 0 atom stereocenters. The average molecular weight is 286 g/mol. The molecule has 0 aliphatic heterocycles. The van der Waals surface area contributed by atoms with Crippen molar-refractivity contribution in [1.82, 2.24) is 5.16 Å². The molecule has 0 saturated carbocycles. The summed E-state index contributed by atoms with van der Waals surface area (Å²) in [5.74, 6) is -0.676. The van der Waals surface area contributed by atoms with E-state index in [0.717, 1.165) is 0 Å². The Morgan fingerprint density at radius 2 is 1.86 bits per heavy atom. The highest BCUT2D eigenvalue weighted by molar-refractivity contribution is 5.86.